The van der Waals surface area contributed by atoms with Crippen molar-refractivity contribution in [2.45, 2.75) is 36.3 Å². The van der Waals surface area contributed by atoms with Gasteiger partial charge in [0.25, 0.3) is 0 Å². The van der Waals surface area contributed by atoms with Crippen LogP contribution < -0.4 is 5.32 Å². The standard InChI is InChI=1S/C14H24N4O2S2/c1-10-4-7-18(8-5-10)12(19)11(2)21-14-17-16-13(22-14)15-6-9-20-3/h10-11H,4-9H2,1-3H3,(H,15,16). The second-order valence-electron chi connectivity index (χ2n) is 5.56. The van der Waals surface area contributed by atoms with E-state index in [1.165, 1.54) is 23.1 Å². The molecule has 2 heterocycles. The third-order valence-corrected chi connectivity index (χ3v) is 5.76. The lowest BCUT2D eigenvalue weighted by Crippen LogP contribution is -2.41. The van der Waals surface area contributed by atoms with E-state index in [9.17, 15) is 4.79 Å². The Bertz CT molecular complexity index is 475. The van der Waals surface area contributed by atoms with Crippen molar-refractivity contribution in [3.8, 4) is 0 Å². The highest BCUT2D eigenvalue weighted by Gasteiger charge is 2.25. The van der Waals surface area contributed by atoms with E-state index in [2.05, 4.69) is 22.4 Å². The van der Waals surface area contributed by atoms with Crippen LogP contribution in [-0.4, -0.2) is 59.6 Å². The first-order valence-electron chi connectivity index (χ1n) is 7.62. The number of carbonyl (C=O) groups is 1. The number of hydrogen-bond acceptors (Lipinski definition) is 7. The van der Waals surface area contributed by atoms with E-state index < -0.39 is 0 Å². The largest absolute Gasteiger partial charge is 0.383 e. The first-order valence-corrected chi connectivity index (χ1v) is 9.31. The van der Waals surface area contributed by atoms with Crippen LogP contribution in [0.4, 0.5) is 5.13 Å². The lowest BCUT2D eigenvalue weighted by molar-refractivity contribution is -0.131. The Morgan fingerprint density at radius 2 is 2.23 bits per heavy atom. The van der Waals surface area contributed by atoms with Crippen LogP contribution >= 0.6 is 23.1 Å². The number of aromatic nitrogens is 2. The zero-order valence-electron chi connectivity index (χ0n) is 13.4. The Morgan fingerprint density at radius 1 is 1.50 bits per heavy atom. The van der Waals surface area contributed by atoms with E-state index in [0.717, 1.165) is 41.3 Å². The molecule has 1 fully saturated rings. The van der Waals surface area contributed by atoms with Gasteiger partial charge in [-0.15, -0.1) is 10.2 Å². The van der Waals surface area contributed by atoms with E-state index in [1.807, 2.05) is 11.8 Å². The predicted molar refractivity (Wildman–Crippen MR) is 90.6 cm³/mol. The smallest absolute Gasteiger partial charge is 0.235 e. The summed E-state index contributed by atoms with van der Waals surface area (Å²) in [6, 6.07) is 0. The molecule has 8 heteroatoms. The maximum atomic E-state index is 12.5. The highest BCUT2D eigenvalue weighted by atomic mass is 32.2. The fourth-order valence-corrected chi connectivity index (χ4v) is 4.28. The number of carbonyl (C=O) groups excluding carboxylic acids is 1. The minimum Gasteiger partial charge on any atom is -0.383 e. The first-order chi connectivity index (χ1) is 10.6. The van der Waals surface area contributed by atoms with Crippen molar-refractivity contribution in [1.82, 2.24) is 15.1 Å². The van der Waals surface area contributed by atoms with Gasteiger partial charge in [-0.2, -0.15) is 0 Å². The monoisotopic (exact) mass is 344 g/mol. The van der Waals surface area contributed by atoms with Gasteiger partial charge in [-0.3, -0.25) is 4.79 Å². The average molecular weight is 345 g/mol. The van der Waals surface area contributed by atoms with Crippen LogP contribution in [0.3, 0.4) is 0 Å². The molecule has 124 valence electrons. The molecule has 1 N–H and O–H groups in total. The summed E-state index contributed by atoms with van der Waals surface area (Å²) in [5, 5.41) is 12.0. The molecule has 22 heavy (non-hydrogen) atoms. The molecule has 1 aliphatic rings. The van der Waals surface area contributed by atoms with E-state index in [1.54, 1.807) is 7.11 Å². The van der Waals surface area contributed by atoms with Gasteiger partial charge in [0.1, 0.15) is 0 Å². The molecule has 0 aliphatic carbocycles. The normalized spacial score (nSPS) is 17.5. The summed E-state index contributed by atoms with van der Waals surface area (Å²) in [4.78, 5) is 14.4. The van der Waals surface area contributed by atoms with E-state index in [-0.39, 0.29) is 11.2 Å². The second-order valence-corrected chi connectivity index (χ2v) is 8.13. The van der Waals surface area contributed by atoms with Gasteiger partial charge in [0.05, 0.1) is 11.9 Å². The summed E-state index contributed by atoms with van der Waals surface area (Å²) >= 11 is 2.97. The maximum absolute atomic E-state index is 12.5. The Balaban J connectivity index is 1.80. The van der Waals surface area contributed by atoms with Gasteiger partial charge in [0.2, 0.25) is 11.0 Å². The minimum atomic E-state index is -0.117. The number of nitrogens with zero attached hydrogens (tertiary/aromatic N) is 3. The lowest BCUT2D eigenvalue weighted by Gasteiger charge is -2.31. The first kappa shape index (κ1) is 17.5. The van der Waals surface area contributed by atoms with Crippen LogP contribution in [-0.2, 0) is 9.53 Å². The molecule has 0 radical (unpaired) electrons. The van der Waals surface area contributed by atoms with Crippen molar-refractivity contribution >= 4 is 34.1 Å². The zero-order chi connectivity index (χ0) is 15.9. The fraction of sp³-hybridized carbons (Fsp3) is 0.786. The van der Waals surface area contributed by atoms with E-state index in [0.29, 0.717) is 13.2 Å². The zero-order valence-corrected chi connectivity index (χ0v) is 15.0. The molecule has 0 saturated carbocycles. The third-order valence-electron chi connectivity index (χ3n) is 3.71. The molecule has 0 aromatic carbocycles. The third kappa shape index (κ3) is 5.10. The molecule has 1 aromatic heterocycles. The number of methoxy groups -OCH3 is 1. The van der Waals surface area contributed by atoms with Gasteiger partial charge >= 0.3 is 0 Å². The summed E-state index contributed by atoms with van der Waals surface area (Å²) in [7, 11) is 1.66. The molecule has 6 nitrogen and oxygen atoms in total. The number of rotatable bonds is 7. The molecule has 1 saturated heterocycles. The molecular formula is C14H24N4O2S2. The average Bonchev–Trinajstić information content (AvgIpc) is 2.95. The Labute approximate surface area is 140 Å². The number of likely N-dealkylation sites (tertiary alicyclic amines) is 1. The molecule has 2 rings (SSSR count). The van der Waals surface area contributed by atoms with Gasteiger partial charge in [0.15, 0.2) is 4.34 Å². The van der Waals surface area contributed by atoms with E-state index >= 15 is 0 Å². The molecule has 1 aromatic rings. The van der Waals surface area contributed by atoms with Crippen molar-refractivity contribution in [2.75, 3.05) is 38.7 Å². The van der Waals surface area contributed by atoms with Gasteiger partial charge in [-0.05, 0) is 25.7 Å². The van der Waals surface area contributed by atoms with Gasteiger partial charge in [-0.1, -0.05) is 30.0 Å². The van der Waals surface area contributed by atoms with Crippen LogP contribution in [0.2, 0.25) is 0 Å². The van der Waals surface area contributed by atoms with Gasteiger partial charge < -0.3 is 15.0 Å². The Hall–Kier alpha value is -0.860. The summed E-state index contributed by atoms with van der Waals surface area (Å²) in [5.74, 6) is 0.942. The molecule has 1 aliphatic heterocycles. The van der Waals surface area contributed by atoms with Crippen molar-refractivity contribution in [3.63, 3.8) is 0 Å². The number of ether oxygens (including phenoxy) is 1. The van der Waals surface area contributed by atoms with Gasteiger partial charge in [0, 0.05) is 26.7 Å². The SMILES string of the molecule is COCCNc1nnc(SC(C)C(=O)N2CCC(C)CC2)s1. The van der Waals surface area contributed by atoms with Crippen molar-refractivity contribution in [1.29, 1.82) is 0 Å². The number of nitrogens with one attached hydrogen (secondary N) is 1. The van der Waals surface area contributed by atoms with Crippen LogP contribution in [0.15, 0.2) is 4.34 Å². The number of thioether (sulfide) groups is 1. The number of piperidine rings is 1. The highest BCUT2D eigenvalue weighted by molar-refractivity contribution is 8.02. The molecule has 1 amide bonds. The molecule has 0 bridgehead atoms. The second kappa shape index (κ2) is 8.69. The summed E-state index contributed by atoms with van der Waals surface area (Å²) in [6.07, 6.45) is 2.21. The van der Waals surface area contributed by atoms with Gasteiger partial charge in [-0.25, -0.2) is 0 Å². The van der Waals surface area contributed by atoms with Crippen LogP contribution in [0.1, 0.15) is 26.7 Å². The fourth-order valence-electron chi connectivity index (χ4n) is 2.28. The summed E-state index contributed by atoms with van der Waals surface area (Å²) in [5.41, 5.74) is 0. The topological polar surface area (TPSA) is 67.3 Å². The summed E-state index contributed by atoms with van der Waals surface area (Å²) < 4.78 is 5.80. The van der Waals surface area contributed by atoms with Crippen LogP contribution in [0.5, 0.6) is 0 Å². The number of hydrogen-bond donors (Lipinski definition) is 1. The Morgan fingerprint density at radius 3 is 2.91 bits per heavy atom. The summed E-state index contributed by atoms with van der Waals surface area (Å²) in [6.45, 7) is 7.29. The van der Waals surface area contributed by atoms with Crippen LogP contribution in [0, 0.1) is 5.92 Å². The quantitative estimate of drug-likeness (QED) is 0.605. The lowest BCUT2D eigenvalue weighted by atomic mass is 9.99. The number of amides is 1. The minimum absolute atomic E-state index is 0.117. The van der Waals surface area contributed by atoms with Crippen molar-refractivity contribution in [2.24, 2.45) is 5.92 Å². The highest BCUT2D eigenvalue weighted by Crippen LogP contribution is 2.30. The molecule has 1 atom stereocenters. The predicted octanol–water partition coefficient (Wildman–Crippen LogP) is 2.34. The van der Waals surface area contributed by atoms with Crippen LogP contribution in [0.25, 0.3) is 0 Å². The van der Waals surface area contributed by atoms with Crippen molar-refractivity contribution in [3.05, 3.63) is 0 Å². The number of anilines is 1. The maximum Gasteiger partial charge on any atom is 0.235 e. The Kier molecular flexibility index (Phi) is 6.91. The molecule has 0 spiro atoms. The van der Waals surface area contributed by atoms with E-state index in [4.69, 9.17) is 4.74 Å². The molecular weight excluding hydrogens is 320 g/mol. The van der Waals surface area contributed by atoms with Crippen molar-refractivity contribution < 1.29 is 9.53 Å². The molecule has 1 unspecified atom stereocenters.